The zero-order valence-electron chi connectivity index (χ0n) is 12.7. The van der Waals surface area contributed by atoms with Crippen LogP contribution in [0.5, 0.6) is 0 Å². The van der Waals surface area contributed by atoms with Crippen molar-refractivity contribution in [1.82, 2.24) is 10.3 Å². The van der Waals surface area contributed by atoms with E-state index < -0.39 is 0 Å². The Hall–Kier alpha value is -0.450. The van der Waals surface area contributed by atoms with Crippen molar-refractivity contribution in [2.45, 2.75) is 52.1 Å². The third-order valence-electron chi connectivity index (χ3n) is 4.18. The highest BCUT2D eigenvalue weighted by Gasteiger charge is 2.41. The van der Waals surface area contributed by atoms with Gasteiger partial charge < -0.3 is 10.1 Å². The van der Waals surface area contributed by atoms with Crippen LogP contribution in [0.1, 0.15) is 44.8 Å². The lowest BCUT2D eigenvalue weighted by molar-refractivity contribution is 0.0639. The molecule has 0 aromatic carbocycles. The number of thiazole rings is 1. The largest absolute Gasteiger partial charge is 0.378 e. The lowest BCUT2D eigenvalue weighted by atomic mass is 9.78. The Labute approximate surface area is 120 Å². The third-order valence-corrected chi connectivity index (χ3v) is 5.03. The van der Waals surface area contributed by atoms with E-state index in [1.165, 1.54) is 10.7 Å². The molecule has 0 bridgehead atoms. The molecule has 4 heteroatoms. The van der Waals surface area contributed by atoms with Gasteiger partial charge in [-0.1, -0.05) is 20.8 Å². The summed E-state index contributed by atoms with van der Waals surface area (Å²) in [5, 5.41) is 6.79. The fourth-order valence-electron chi connectivity index (χ4n) is 2.74. The number of rotatable bonds is 4. The highest BCUT2D eigenvalue weighted by atomic mass is 32.1. The maximum atomic E-state index is 5.80. The second-order valence-corrected chi connectivity index (χ2v) is 7.65. The number of aromatic nitrogens is 1. The molecule has 0 radical (unpaired) electrons. The fourth-order valence-corrected chi connectivity index (χ4v) is 3.91. The molecule has 2 atom stereocenters. The highest BCUT2D eigenvalue weighted by Crippen LogP contribution is 2.38. The molecule has 2 unspecified atom stereocenters. The van der Waals surface area contributed by atoms with Gasteiger partial charge in [0.1, 0.15) is 0 Å². The molecule has 2 rings (SSSR count). The van der Waals surface area contributed by atoms with Crippen LogP contribution in [0.25, 0.3) is 0 Å². The number of hydrogen-bond acceptors (Lipinski definition) is 4. The van der Waals surface area contributed by atoms with E-state index in [9.17, 15) is 0 Å². The molecule has 2 heterocycles. The minimum atomic E-state index is 0.142. The monoisotopic (exact) mass is 282 g/mol. The zero-order valence-corrected chi connectivity index (χ0v) is 13.6. The van der Waals surface area contributed by atoms with Crippen LogP contribution < -0.4 is 5.32 Å². The summed E-state index contributed by atoms with van der Waals surface area (Å²) in [4.78, 5) is 4.84. The molecule has 3 nitrogen and oxygen atoms in total. The van der Waals surface area contributed by atoms with E-state index in [-0.39, 0.29) is 10.8 Å². The van der Waals surface area contributed by atoms with Gasteiger partial charge in [0.2, 0.25) is 0 Å². The van der Waals surface area contributed by atoms with E-state index >= 15 is 0 Å². The molecule has 1 fully saturated rings. The Morgan fingerprint density at radius 1 is 1.53 bits per heavy atom. The number of hydrogen-bond donors (Lipinski definition) is 1. The van der Waals surface area contributed by atoms with E-state index in [1.807, 2.05) is 7.05 Å². The van der Waals surface area contributed by atoms with Crippen LogP contribution in [-0.4, -0.2) is 31.3 Å². The number of nitrogens with zero attached hydrogens (tertiary/aromatic N) is 1. The van der Waals surface area contributed by atoms with Gasteiger partial charge >= 0.3 is 0 Å². The third kappa shape index (κ3) is 3.18. The summed E-state index contributed by atoms with van der Waals surface area (Å²) in [6, 6.07) is 0. The first-order valence-corrected chi connectivity index (χ1v) is 7.96. The Kier molecular flexibility index (Phi) is 4.33. The topological polar surface area (TPSA) is 34.2 Å². The summed E-state index contributed by atoms with van der Waals surface area (Å²) >= 11 is 1.80. The fraction of sp³-hybridized carbons (Fsp3) is 0.800. The Morgan fingerprint density at radius 3 is 2.74 bits per heavy atom. The van der Waals surface area contributed by atoms with Gasteiger partial charge in [-0.25, -0.2) is 4.98 Å². The lowest BCUT2D eigenvalue weighted by Gasteiger charge is -2.31. The van der Waals surface area contributed by atoms with E-state index in [0.29, 0.717) is 6.10 Å². The molecule has 0 saturated carbocycles. The van der Waals surface area contributed by atoms with Crippen molar-refractivity contribution in [1.29, 1.82) is 0 Å². The van der Waals surface area contributed by atoms with E-state index in [1.54, 1.807) is 11.3 Å². The van der Waals surface area contributed by atoms with Crippen LogP contribution in [0.3, 0.4) is 0 Å². The van der Waals surface area contributed by atoms with Crippen LogP contribution >= 0.6 is 11.3 Å². The molecular formula is C15H26N2OS. The van der Waals surface area contributed by atoms with Crippen LogP contribution in [0, 0.1) is 5.41 Å². The first-order valence-electron chi connectivity index (χ1n) is 7.08. The molecule has 1 N–H and O–H groups in total. The molecule has 1 aromatic rings. The summed E-state index contributed by atoms with van der Waals surface area (Å²) in [5.74, 6) is 0. The standard InChI is InChI=1S/C15H26N2OS/c1-11-15(10-16-5,6-7-18-11)8-13-17-12(9-19-13)14(2,3)4/h9,11,16H,6-8,10H2,1-5H3. The minimum Gasteiger partial charge on any atom is -0.378 e. The maximum Gasteiger partial charge on any atom is 0.0935 e. The summed E-state index contributed by atoms with van der Waals surface area (Å²) < 4.78 is 5.80. The molecule has 1 aliphatic rings. The lowest BCUT2D eigenvalue weighted by Crippen LogP contribution is -2.40. The van der Waals surface area contributed by atoms with Gasteiger partial charge in [0, 0.05) is 35.8 Å². The van der Waals surface area contributed by atoms with Crippen molar-refractivity contribution >= 4 is 11.3 Å². The van der Waals surface area contributed by atoms with Gasteiger partial charge in [-0.05, 0) is 20.4 Å². The summed E-state index contributed by atoms with van der Waals surface area (Å²) in [5.41, 5.74) is 1.56. The van der Waals surface area contributed by atoms with Gasteiger partial charge in [0.15, 0.2) is 0 Å². The quantitative estimate of drug-likeness (QED) is 0.922. The molecule has 1 saturated heterocycles. The van der Waals surface area contributed by atoms with Crippen molar-refractivity contribution in [2.75, 3.05) is 20.2 Å². The minimum absolute atomic E-state index is 0.142. The van der Waals surface area contributed by atoms with Crippen LogP contribution in [-0.2, 0) is 16.6 Å². The van der Waals surface area contributed by atoms with Gasteiger partial charge in [-0.15, -0.1) is 11.3 Å². The molecule has 1 aromatic heterocycles. The molecule has 0 aliphatic carbocycles. The summed E-state index contributed by atoms with van der Waals surface area (Å²) in [6.07, 6.45) is 2.46. The maximum absolute atomic E-state index is 5.80. The Bertz CT molecular complexity index is 424. The normalized spacial score (nSPS) is 27.9. The van der Waals surface area contributed by atoms with Crippen molar-refractivity contribution in [3.05, 3.63) is 16.1 Å². The van der Waals surface area contributed by atoms with Crippen molar-refractivity contribution < 1.29 is 4.74 Å². The molecule has 1 aliphatic heterocycles. The highest BCUT2D eigenvalue weighted by molar-refractivity contribution is 7.09. The van der Waals surface area contributed by atoms with E-state index in [2.05, 4.69) is 38.4 Å². The van der Waals surface area contributed by atoms with E-state index in [4.69, 9.17) is 9.72 Å². The van der Waals surface area contributed by atoms with Crippen molar-refractivity contribution in [2.24, 2.45) is 5.41 Å². The zero-order chi connectivity index (χ0) is 14.1. The molecule has 108 valence electrons. The van der Waals surface area contributed by atoms with Crippen LogP contribution in [0.2, 0.25) is 0 Å². The van der Waals surface area contributed by atoms with Crippen LogP contribution in [0.4, 0.5) is 0 Å². The second-order valence-electron chi connectivity index (χ2n) is 6.71. The van der Waals surface area contributed by atoms with Crippen molar-refractivity contribution in [3.63, 3.8) is 0 Å². The predicted molar refractivity (Wildman–Crippen MR) is 80.9 cm³/mol. The number of nitrogens with one attached hydrogen (secondary N) is 1. The van der Waals surface area contributed by atoms with Gasteiger partial charge in [0.05, 0.1) is 16.8 Å². The SMILES string of the molecule is CNCC1(Cc2nc(C(C)(C)C)cs2)CCOC1C. The summed E-state index contributed by atoms with van der Waals surface area (Å²) in [6.45, 7) is 10.7. The Morgan fingerprint density at radius 2 is 2.26 bits per heavy atom. The average molecular weight is 282 g/mol. The molecule has 19 heavy (non-hydrogen) atoms. The van der Waals surface area contributed by atoms with Crippen molar-refractivity contribution in [3.8, 4) is 0 Å². The smallest absolute Gasteiger partial charge is 0.0935 e. The number of ether oxygens (including phenoxy) is 1. The predicted octanol–water partition coefficient (Wildman–Crippen LogP) is 3.00. The van der Waals surface area contributed by atoms with Gasteiger partial charge in [-0.2, -0.15) is 0 Å². The van der Waals surface area contributed by atoms with Crippen LogP contribution in [0.15, 0.2) is 5.38 Å². The van der Waals surface area contributed by atoms with E-state index in [0.717, 1.165) is 26.0 Å². The molecule has 0 spiro atoms. The van der Waals surface area contributed by atoms with Gasteiger partial charge in [-0.3, -0.25) is 0 Å². The molecular weight excluding hydrogens is 256 g/mol. The second kappa shape index (κ2) is 5.51. The average Bonchev–Trinajstić information content (AvgIpc) is 2.88. The summed E-state index contributed by atoms with van der Waals surface area (Å²) in [7, 11) is 2.02. The molecule has 0 amide bonds. The first-order chi connectivity index (χ1) is 8.87. The first kappa shape index (κ1) is 14.9. The van der Waals surface area contributed by atoms with Gasteiger partial charge in [0.25, 0.3) is 0 Å². The Balaban J connectivity index is 2.16.